The van der Waals surface area contributed by atoms with Crippen LogP contribution in [-0.4, -0.2) is 108 Å². The van der Waals surface area contributed by atoms with Crippen LogP contribution in [0.25, 0.3) is 0 Å². The Morgan fingerprint density at radius 1 is 1.17 bits per heavy atom. The van der Waals surface area contributed by atoms with Crippen LogP contribution in [0.4, 0.5) is 4.39 Å². The molecule has 0 saturated carbocycles. The molecule has 10 heteroatoms. The van der Waals surface area contributed by atoms with Crippen molar-refractivity contribution >= 4 is 17.8 Å². The summed E-state index contributed by atoms with van der Waals surface area (Å²) in [6, 6.07) is 5.90. The first-order chi connectivity index (χ1) is 14.4. The van der Waals surface area contributed by atoms with Gasteiger partial charge in [0.1, 0.15) is 19.0 Å². The van der Waals surface area contributed by atoms with Gasteiger partial charge in [-0.1, -0.05) is 12.1 Å². The van der Waals surface area contributed by atoms with Crippen molar-refractivity contribution in [1.82, 2.24) is 14.7 Å². The Morgan fingerprint density at radius 2 is 1.90 bits per heavy atom. The predicted octanol–water partition coefficient (Wildman–Crippen LogP) is -0.335. The Bertz CT molecular complexity index is 844. The van der Waals surface area contributed by atoms with Gasteiger partial charge in [0.25, 0.3) is 5.91 Å². The minimum Gasteiger partial charge on any atom is -0.480 e. The normalized spacial score (nSPS) is 23.0. The van der Waals surface area contributed by atoms with Gasteiger partial charge in [0.15, 0.2) is 0 Å². The highest BCUT2D eigenvalue weighted by Gasteiger charge is 2.56. The lowest BCUT2D eigenvalue weighted by Crippen LogP contribution is -2.81. The summed E-state index contributed by atoms with van der Waals surface area (Å²) in [6.07, 6.45) is 0. The molecule has 4 rings (SSSR count). The third-order valence-corrected chi connectivity index (χ3v) is 5.92. The zero-order valence-corrected chi connectivity index (χ0v) is 16.5. The highest BCUT2D eigenvalue weighted by atomic mass is 19.1. The average molecular weight is 421 g/mol. The van der Waals surface area contributed by atoms with E-state index in [1.165, 1.54) is 12.1 Å². The van der Waals surface area contributed by atoms with E-state index in [2.05, 4.69) is 4.90 Å². The Morgan fingerprint density at radius 3 is 2.63 bits per heavy atom. The van der Waals surface area contributed by atoms with Crippen molar-refractivity contribution in [3.8, 4) is 0 Å². The third kappa shape index (κ3) is 3.90. The number of aliphatic carboxylic acids is 1. The van der Waals surface area contributed by atoms with E-state index in [4.69, 9.17) is 14.6 Å². The first-order valence-corrected chi connectivity index (χ1v) is 9.85. The van der Waals surface area contributed by atoms with Crippen LogP contribution in [0, 0.1) is 5.82 Å². The van der Waals surface area contributed by atoms with Crippen molar-refractivity contribution in [3.05, 3.63) is 35.6 Å². The van der Waals surface area contributed by atoms with E-state index in [9.17, 15) is 18.8 Å². The van der Waals surface area contributed by atoms with Crippen LogP contribution in [0.5, 0.6) is 0 Å². The fraction of sp³-hybridized carbons (Fsp3) is 0.550. The molecule has 162 valence electrons. The molecule has 9 nitrogen and oxygen atoms in total. The van der Waals surface area contributed by atoms with Gasteiger partial charge in [-0.05, 0) is 12.1 Å². The standard InChI is InChI=1S/C20H24FN3O6/c21-16-4-2-1-3-15(16)19(28)22-7-14-8-29-6-5-24(14)20(11-22)12-23(13-20)17(25)9-30-10-18(26)27/h1-4,14H,5-13H2,(H,26,27)/t14-/m1/s1. The van der Waals surface area contributed by atoms with Crippen molar-refractivity contribution in [3.63, 3.8) is 0 Å². The van der Waals surface area contributed by atoms with Crippen LogP contribution in [0.3, 0.4) is 0 Å². The van der Waals surface area contributed by atoms with Crippen LogP contribution in [0.2, 0.25) is 0 Å². The summed E-state index contributed by atoms with van der Waals surface area (Å²) in [5, 5.41) is 8.63. The van der Waals surface area contributed by atoms with Crippen LogP contribution in [0.1, 0.15) is 10.4 Å². The number of benzene rings is 1. The number of piperazine rings is 1. The summed E-state index contributed by atoms with van der Waals surface area (Å²) in [5.41, 5.74) is -0.386. The fourth-order valence-electron chi connectivity index (χ4n) is 4.59. The van der Waals surface area contributed by atoms with Gasteiger partial charge in [0.2, 0.25) is 5.91 Å². The molecule has 1 spiro atoms. The van der Waals surface area contributed by atoms with E-state index in [1.54, 1.807) is 21.9 Å². The van der Waals surface area contributed by atoms with Crippen LogP contribution in [-0.2, 0) is 19.1 Å². The van der Waals surface area contributed by atoms with E-state index in [-0.39, 0.29) is 30.0 Å². The SMILES string of the molecule is O=C(O)COCC(=O)N1CC2(C1)CN(C(=O)c1ccccc1F)C[C@@H]1COCCN12. The molecule has 0 aromatic heterocycles. The summed E-state index contributed by atoms with van der Waals surface area (Å²) in [5.74, 6) is -2.34. The lowest BCUT2D eigenvalue weighted by atomic mass is 9.82. The van der Waals surface area contributed by atoms with Gasteiger partial charge in [-0.2, -0.15) is 0 Å². The Hall–Kier alpha value is -2.56. The van der Waals surface area contributed by atoms with Gasteiger partial charge >= 0.3 is 5.97 Å². The number of hydrogen-bond acceptors (Lipinski definition) is 6. The number of halogens is 1. The molecule has 3 aliphatic rings. The number of ether oxygens (including phenoxy) is 2. The first kappa shape index (κ1) is 20.7. The summed E-state index contributed by atoms with van der Waals surface area (Å²) in [7, 11) is 0. The molecule has 0 bridgehead atoms. The van der Waals surface area contributed by atoms with E-state index in [0.29, 0.717) is 45.9 Å². The number of hydrogen-bond donors (Lipinski definition) is 1. The number of carboxylic acids is 1. The molecule has 0 radical (unpaired) electrons. The Kier molecular flexibility index (Phi) is 5.72. The van der Waals surface area contributed by atoms with Crippen molar-refractivity contribution in [2.45, 2.75) is 11.6 Å². The molecule has 0 aliphatic carbocycles. The second-order valence-electron chi connectivity index (χ2n) is 7.95. The molecule has 1 aromatic carbocycles. The largest absolute Gasteiger partial charge is 0.480 e. The summed E-state index contributed by atoms with van der Waals surface area (Å²) in [4.78, 5) is 41.4. The van der Waals surface area contributed by atoms with Crippen LogP contribution < -0.4 is 0 Å². The maximum atomic E-state index is 14.2. The van der Waals surface area contributed by atoms with Crippen molar-refractivity contribution < 1.29 is 33.4 Å². The summed E-state index contributed by atoms with van der Waals surface area (Å²) >= 11 is 0. The van der Waals surface area contributed by atoms with Crippen LogP contribution >= 0.6 is 0 Å². The highest BCUT2D eigenvalue weighted by molar-refractivity contribution is 5.94. The molecule has 0 unspecified atom stereocenters. The Labute approximate surface area is 172 Å². The van der Waals surface area contributed by atoms with Crippen LogP contribution in [0.15, 0.2) is 24.3 Å². The van der Waals surface area contributed by atoms with Gasteiger partial charge in [-0.15, -0.1) is 0 Å². The van der Waals surface area contributed by atoms with Gasteiger partial charge in [-0.25, -0.2) is 9.18 Å². The third-order valence-electron chi connectivity index (χ3n) is 5.92. The number of rotatable bonds is 5. The van der Waals surface area contributed by atoms with E-state index < -0.39 is 23.9 Å². The summed E-state index contributed by atoms with van der Waals surface area (Å²) in [6.45, 7) is 2.55. The zero-order valence-electron chi connectivity index (χ0n) is 16.5. The number of amides is 2. The smallest absolute Gasteiger partial charge is 0.329 e. The lowest BCUT2D eigenvalue weighted by molar-refractivity contribution is -0.175. The maximum Gasteiger partial charge on any atom is 0.329 e. The van der Waals surface area contributed by atoms with E-state index >= 15 is 0 Å². The molecule has 1 N–H and O–H groups in total. The van der Waals surface area contributed by atoms with Gasteiger partial charge in [-0.3, -0.25) is 14.5 Å². The molecular weight excluding hydrogens is 397 g/mol. The maximum absolute atomic E-state index is 14.2. The molecule has 3 aliphatic heterocycles. The quantitative estimate of drug-likeness (QED) is 0.695. The van der Waals surface area contributed by atoms with Gasteiger partial charge in [0.05, 0.1) is 30.4 Å². The summed E-state index contributed by atoms with van der Waals surface area (Å²) < 4.78 is 24.7. The first-order valence-electron chi connectivity index (χ1n) is 9.85. The lowest BCUT2D eigenvalue weighted by Gasteiger charge is -2.63. The molecule has 3 saturated heterocycles. The molecule has 1 aromatic rings. The number of likely N-dealkylation sites (tertiary alicyclic amines) is 1. The number of carboxylic acid groups (broad SMARTS) is 1. The average Bonchev–Trinajstić information content (AvgIpc) is 2.70. The second kappa shape index (κ2) is 8.29. The zero-order chi connectivity index (χ0) is 21.3. The van der Waals surface area contributed by atoms with Crippen molar-refractivity contribution in [2.75, 3.05) is 59.2 Å². The second-order valence-corrected chi connectivity index (χ2v) is 7.95. The fourth-order valence-corrected chi connectivity index (χ4v) is 4.59. The molecule has 1 atom stereocenters. The predicted molar refractivity (Wildman–Crippen MR) is 101 cm³/mol. The van der Waals surface area contributed by atoms with E-state index in [0.717, 1.165) is 0 Å². The molecular formula is C20H24FN3O6. The number of carbonyl (C=O) groups is 3. The number of morpholine rings is 1. The Balaban J connectivity index is 1.47. The van der Waals surface area contributed by atoms with Crippen molar-refractivity contribution in [2.24, 2.45) is 0 Å². The van der Waals surface area contributed by atoms with Crippen molar-refractivity contribution in [1.29, 1.82) is 0 Å². The minimum absolute atomic E-state index is 0.0243. The number of carbonyl (C=O) groups excluding carboxylic acids is 2. The number of nitrogens with zero attached hydrogens (tertiary/aromatic N) is 3. The number of fused-ring (bicyclic) bond motifs is 2. The van der Waals surface area contributed by atoms with Gasteiger partial charge in [0, 0.05) is 32.7 Å². The molecule has 3 fully saturated rings. The topological polar surface area (TPSA) is 99.6 Å². The molecule has 30 heavy (non-hydrogen) atoms. The molecule has 2 amide bonds. The van der Waals surface area contributed by atoms with E-state index in [1.807, 2.05) is 0 Å². The van der Waals surface area contributed by atoms with Gasteiger partial charge < -0.3 is 24.4 Å². The minimum atomic E-state index is -1.13. The molecule has 3 heterocycles. The highest BCUT2D eigenvalue weighted by Crippen LogP contribution is 2.36. The monoisotopic (exact) mass is 421 g/mol.